The summed E-state index contributed by atoms with van der Waals surface area (Å²) in [5.74, 6) is -1.09. The van der Waals surface area contributed by atoms with Crippen molar-refractivity contribution in [1.82, 2.24) is 9.80 Å². The Morgan fingerprint density at radius 2 is 1.75 bits per heavy atom. The summed E-state index contributed by atoms with van der Waals surface area (Å²) >= 11 is 0. The molecule has 1 N–H and O–H groups in total. The number of benzene rings is 1. The van der Waals surface area contributed by atoms with Gasteiger partial charge in [0, 0.05) is 38.3 Å². The molecule has 1 aliphatic heterocycles. The number of amides is 1. The Balaban J connectivity index is 1.85. The minimum atomic E-state index is -0.771. The lowest BCUT2D eigenvalue weighted by Gasteiger charge is -2.35. The van der Waals surface area contributed by atoms with Crippen molar-refractivity contribution in [3.05, 3.63) is 35.9 Å². The Morgan fingerprint density at radius 1 is 1.15 bits per heavy atom. The first-order valence-electron chi connectivity index (χ1n) is 6.87. The monoisotopic (exact) mass is 276 g/mol. The van der Waals surface area contributed by atoms with Crippen molar-refractivity contribution in [3.63, 3.8) is 0 Å². The summed E-state index contributed by atoms with van der Waals surface area (Å²) in [7, 11) is 0. The van der Waals surface area contributed by atoms with Gasteiger partial charge in [-0.15, -0.1) is 0 Å². The largest absolute Gasteiger partial charge is 0.481 e. The maximum atomic E-state index is 12.3. The number of rotatable bonds is 4. The normalized spacial score (nSPS) is 17.8. The molecule has 1 amide bonds. The number of carboxylic acids is 1. The number of hydrogen-bond acceptors (Lipinski definition) is 3. The molecule has 5 heteroatoms. The third-order valence-corrected chi connectivity index (χ3v) is 3.63. The highest BCUT2D eigenvalue weighted by Gasteiger charge is 2.24. The Labute approximate surface area is 118 Å². The van der Waals surface area contributed by atoms with Crippen LogP contribution >= 0.6 is 0 Å². The highest BCUT2D eigenvalue weighted by molar-refractivity contribution is 5.94. The number of aliphatic carboxylic acids is 1. The van der Waals surface area contributed by atoms with Crippen LogP contribution in [0.1, 0.15) is 17.3 Å². The minimum absolute atomic E-state index is 0.0523. The Bertz CT molecular complexity index is 467. The fraction of sp³-hybridized carbons (Fsp3) is 0.467. The van der Waals surface area contributed by atoms with E-state index in [1.165, 1.54) is 0 Å². The van der Waals surface area contributed by atoms with Crippen LogP contribution in [-0.4, -0.2) is 59.5 Å². The van der Waals surface area contributed by atoms with Crippen LogP contribution in [0.25, 0.3) is 0 Å². The lowest BCUT2D eigenvalue weighted by Crippen LogP contribution is -2.50. The van der Waals surface area contributed by atoms with Gasteiger partial charge in [-0.2, -0.15) is 0 Å². The van der Waals surface area contributed by atoms with E-state index in [9.17, 15) is 9.59 Å². The van der Waals surface area contributed by atoms with Crippen molar-refractivity contribution in [3.8, 4) is 0 Å². The summed E-state index contributed by atoms with van der Waals surface area (Å²) < 4.78 is 0. The van der Waals surface area contributed by atoms with Gasteiger partial charge in [-0.3, -0.25) is 14.5 Å². The van der Waals surface area contributed by atoms with Crippen LogP contribution in [0.15, 0.2) is 30.3 Å². The lowest BCUT2D eigenvalue weighted by molar-refractivity contribution is -0.141. The predicted molar refractivity (Wildman–Crippen MR) is 75.6 cm³/mol. The van der Waals surface area contributed by atoms with Gasteiger partial charge in [0.25, 0.3) is 5.91 Å². The molecule has 5 nitrogen and oxygen atoms in total. The molecular weight excluding hydrogens is 256 g/mol. The molecule has 1 fully saturated rings. The standard InChI is InChI=1S/C15H20N2O3/c1-12(15(19)20)11-16-7-9-17(10-8-16)14(18)13-5-3-2-4-6-13/h2-6,12H,7-11H2,1H3,(H,19,20). The van der Waals surface area contributed by atoms with Gasteiger partial charge in [-0.05, 0) is 12.1 Å². The van der Waals surface area contributed by atoms with Crippen molar-refractivity contribution in [2.75, 3.05) is 32.7 Å². The summed E-state index contributed by atoms with van der Waals surface area (Å²) in [5, 5.41) is 8.91. The average Bonchev–Trinajstić information content (AvgIpc) is 2.48. The zero-order chi connectivity index (χ0) is 14.5. The highest BCUT2D eigenvalue weighted by atomic mass is 16.4. The zero-order valence-electron chi connectivity index (χ0n) is 11.7. The molecule has 2 rings (SSSR count). The average molecular weight is 276 g/mol. The van der Waals surface area contributed by atoms with Crippen LogP contribution < -0.4 is 0 Å². The van der Waals surface area contributed by atoms with Gasteiger partial charge in [0.1, 0.15) is 0 Å². The number of piperazine rings is 1. The van der Waals surface area contributed by atoms with Gasteiger partial charge in [0.15, 0.2) is 0 Å². The maximum absolute atomic E-state index is 12.3. The molecule has 0 aliphatic carbocycles. The van der Waals surface area contributed by atoms with Crippen molar-refractivity contribution < 1.29 is 14.7 Å². The van der Waals surface area contributed by atoms with Gasteiger partial charge >= 0.3 is 5.97 Å². The Hall–Kier alpha value is -1.88. The third kappa shape index (κ3) is 3.57. The summed E-state index contributed by atoms with van der Waals surface area (Å²) in [6, 6.07) is 9.25. The van der Waals surface area contributed by atoms with Crippen LogP contribution in [0.5, 0.6) is 0 Å². The number of hydrogen-bond donors (Lipinski definition) is 1. The fourth-order valence-corrected chi connectivity index (χ4v) is 2.36. The first-order chi connectivity index (χ1) is 9.58. The van der Waals surface area contributed by atoms with Crippen LogP contribution in [0.3, 0.4) is 0 Å². The molecule has 108 valence electrons. The van der Waals surface area contributed by atoms with E-state index < -0.39 is 5.97 Å². The lowest BCUT2D eigenvalue weighted by atomic mass is 10.1. The van der Waals surface area contributed by atoms with E-state index >= 15 is 0 Å². The van der Waals surface area contributed by atoms with Gasteiger partial charge in [-0.1, -0.05) is 25.1 Å². The van der Waals surface area contributed by atoms with E-state index in [1.807, 2.05) is 35.2 Å². The molecule has 1 heterocycles. The first kappa shape index (κ1) is 14.5. The van der Waals surface area contributed by atoms with Crippen molar-refractivity contribution in [1.29, 1.82) is 0 Å². The van der Waals surface area contributed by atoms with E-state index in [2.05, 4.69) is 4.90 Å². The first-order valence-corrected chi connectivity index (χ1v) is 6.87. The molecule has 0 saturated carbocycles. The molecule has 1 aromatic rings. The molecule has 0 spiro atoms. The van der Waals surface area contributed by atoms with E-state index in [1.54, 1.807) is 6.92 Å². The van der Waals surface area contributed by atoms with Crippen molar-refractivity contribution >= 4 is 11.9 Å². The smallest absolute Gasteiger partial charge is 0.307 e. The van der Waals surface area contributed by atoms with Crippen LogP contribution in [0.4, 0.5) is 0 Å². The van der Waals surface area contributed by atoms with Crippen LogP contribution in [0, 0.1) is 5.92 Å². The van der Waals surface area contributed by atoms with Crippen LogP contribution in [-0.2, 0) is 4.79 Å². The van der Waals surface area contributed by atoms with Gasteiger partial charge < -0.3 is 10.0 Å². The molecule has 1 atom stereocenters. The Morgan fingerprint density at radius 3 is 2.30 bits per heavy atom. The molecule has 1 unspecified atom stereocenters. The van der Waals surface area contributed by atoms with Crippen molar-refractivity contribution in [2.24, 2.45) is 5.92 Å². The van der Waals surface area contributed by atoms with Gasteiger partial charge in [0.05, 0.1) is 5.92 Å². The Kier molecular flexibility index (Phi) is 4.74. The molecular formula is C15H20N2O3. The molecule has 1 aliphatic rings. The zero-order valence-corrected chi connectivity index (χ0v) is 11.7. The van der Waals surface area contributed by atoms with E-state index in [4.69, 9.17) is 5.11 Å². The molecule has 0 bridgehead atoms. The van der Waals surface area contributed by atoms with Gasteiger partial charge in [0.2, 0.25) is 0 Å². The van der Waals surface area contributed by atoms with Crippen LogP contribution in [0.2, 0.25) is 0 Å². The third-order valence-electron chi connectivity index (χ3n) is 3.63. The summed E-state index contributed by atoms with van der Waals surface area (Å²) in [6.07, 6.45) is 0. The van der Waals surface area contributed by atoms with Crippen molar-refractivity contribution in [2.45, 2.75) is 6.92 Å². The number of carbonyl (C=O) groups excluding carboxylic acids is 1. The number of carbonyl (C=O) groups is 2. The number of carboxylic acid groups (broad SMARTS) is 1. The fourth-order valence-electron chi connectivity index (χ4n) is 2.36. The second-order valence-electron chi connectivity index (χ2n) is 5.20. The SMILES string of the molecule is CC(CN1CCN(C(=O)c2ccccc2)CC1)C(=O)O. The number of nitrogens with zero attached hydrogens (tertiary/aromatic N) is 2. The molecule has 1 saturated heterocycles. The summed E-state index contributed by atoms with van der Waals surface area (Å²) in [4.78, 5) is 27.0. The molecule has 0 aromatic heterocycles. The predicted octanol–water partition coefficient (Wildman–Crippen LogP) is 1.17. The quantitative estimate of drug-likeness (QED) is 0.896. The van der Waals surface area contributed by atoms with E-state index in [0.29, 0.717) is 25.2 Å². The highest BCUT2D eigenvalue weighted by Crippen LogP contribution is 2.10. The van der Waals surface area contributed by atoms with E-state index in [-0.39, 0.29) is 11.8 Å². The second-order valence-corrected chi connectivity index (χ2v) is 5.20. The maximum Gasteiger partial charge on any atom is 0.307 e. The summed E-state index contributed by atoms with van der Waals surface area (Å²) in [6.45, 7) is 5.03. The molecule has 0 radical (unpaired) electrons. The van der Waals surface area contributed by atoms with Gasteiger partial charge in [-0.25, -0.2) is 0 Å². The second kappa shape index (κ2) is 6.52. The summed E-state index contributed by atoms with van der Waals surface area (Å²) in [5.41, 5.74) is 0.708. The minimum Gasteiger partial charge on any atom is -0.481 e. The topological polar surface area (TPSA) is 60.9 Å². The molecule has 1 aromatic carbocycles. The van der Waals surface area contributed by atoms with E-state index in [0.717, 1.165) is 13.1 Å². The molecule has 20 heavy (non-hydrogen) atoms.